The van der Waals surface area contributed by atoms with E-state index in [0.717, 1.165) is 12.8 Å². The van der Waals surface area contributed by atoms with E-state index >= 15 is 0 Å². The first-order chi connectivity index (χ1) is 8.19. The summed E-state index contributed by atoms with van der Waals surface area (Å²) in [5.41, 5.74) is 0.625. The fourth-order valence-electron chi connectivity index (χ4n) is 1.42. The number of ketones is 1. The maximum absolute atomic E-state index is 11.2. The van der Waals surface area contributed by atoms with Crippen molar-refractivity contribution in [3.63, 3.8) is 0 Å². The molecule has 0 aromatic heterocycles. The lowest BCUT2D eigenvalue weighted by Gasteiger charge is -2.11. The van der Waals surface area contributed by atoms with Gasteiger partial charge in [-0.25, -0.2) is 0 Å². The molecule has 0 saturated heterocycles. The first-order valence-electron chi connectivity index (χ1n) is 5.61. The summed E-state index contributed by atoms with van der Waals surface area (Å²) < 4.78 is 10.8. The van der Waals surface area contributed by atoms with Gasteiger partial charge in [-0.1, -0.05) is 6.08 Å². The Labute approximate surface area is 102 Å². The number of hydrogen-bond donors (Lipinski definition) is 0. The molecule has 3 nitrogen and oxygen atoms in total. The molecule has 1 aromatic carbocycles. The predicted octanol–water partition coefficient (Wildman–Crippen LogP) is 3.24. The Morgan fingerprint density at radius 2 is 2.18 bits per heavy atom. The molecule has 0 aliphatic rings. The second kappa shape index (κ2) is 6.74. The van der Waals surface area contributed by atoms with Gasteiger partial charge < -0.3 is 9.47 Å². The van der Waals surface area contributed by atoms with Gasteiger partial charge in [-0.3, -0.25) is 4.79 Å². The van der Waals surface area contributed by atoms with Crippen molar-refractivity contribution in [1.82, 2.24) is 0 Å². The Balaban J connectivity index is 2.71. The van der Waals surface area contributed by atoms with Crippen LogP contribution in [0.15, 0.2) is 30.9 Å². The smallest absolute Gasteiger partial charge is 0.161 e. The first-order valence-corrected chi connectivity index (χ1v) is 5.61. The number of rotatable bonds is 7. The lowest BCUT2D eigenvalue weighted by molar-refractivity contribution is 0.101. The topological polar surface area (TPSA) is 35.5 Å². The number of hydrogen-bond acceptors (Lipinski definition) is 3. The Bertz CT molecular complexity index is 396. The molecule has 0 bridgehead atoms. The van der Waals surface area contributed by atoms with E-state index in [0.29, 0.717) is 23.7 Å². The molecule has 0 atom stereocenters. The largest absolute Gasteiger partial charge is 0.493 e. The molecule has 0 fully saturated rings. The highest BCUT2D eigenvalue weighted by Gasteiger charge is 2.07. The van der Waals surface area contributed by atoms with Gasteiger partial charge in [0.25, 0.3) is 0 Å². The summed E-state index contributed by atoms with van der Waals surface area (Å²) in [5, 5.41) is 0. The zero-order valence-electron chi connectivity index (χ0n) is 10.4. The van der Waals surface area contributed by atoms with Gasteiger partial charge in [0.1, 0.15) is 0 Å². The monoisotopic (exact) mass is 234 g/mol. The molecule has 0 radical (unpaired) electrons. The van der Waals surface area contributed by atoms with Crippen LogP contribution < -0.4 is 9.47 Å². The molecule has 0 unspecified atom stereocenters. The molecule has 17 heavy (non-hydrogen) atoms. The number of unbranched alkanes of at least 4 members (excludes halogenated alkanes) is 1. The van der Waals surface area contributed by atoms with E-state index in [2.05, 4.69) is 6.58 Å². The van der Waals surface area contributed by atoms with Crippen molar-refractivity contribution >= 4 is 5.78 Å². The Kier molecular flexibility index (Phi) is 5.27. The molecule has 0 amide bonds. The van der Waals surface area contributed by atoms with Crippen molar-refractivity contribution in [1.29, 1.82) is 0 Å². The molecule has 0 saturated carbocycles. The molecule has 0 heterocycles. The van der Waals surface area contributed by atoms with Crippen LogP contribution in [0.4, 0.5) is 0 Å². The normalized spacial score (nSPS) is 9.76. The molecule has 3 heteroatoms. The molecule has 1 aromatic rings. The van der Waals surface area contributed by atoms with E-state index in [1.807, 2.05) is 6.08 Å². The van der Waals surface area contributed by atoms with Crippen molar-refractivity contribution in [2.45, 2.75) is 19.8 Å². The van der Waals surface area contributed by atoms with Gasteiger partial charge in [-0.15, -0.1) is 6.58 Å². The van der Waals surface area contributed by atoms with Crippen molar-refractivity contribution in [3.05, 3.63) is 36.4 Å². The van der Waals surface area contributed by atoms with Crippen molar-refractivity contribution in [2.75, 3.05) is 13.7 Å². The molecule has 0 spiro atoms. The third-order valence-electron chi connectivity index (χ3n) is 2.38. The van der Waals surface area contributed by atoms with Gasteiger partial charge in [-0.2, -0.15) is 0 Å². The number of carbonyl (C=O) groups is 1. The van der Waals surface area contributed by atoms with Crippen LogP contribution in [-0.2, 0) is 0 Å². The van der Waals surface area contributed by atoms with Crippen LogP contribution in [0, 0.1) is 0 Å². The molecule has 0 aliphatic carbocycles. The van der Waals surface area contributed by atoms with Crippen LogP contribution in [0.25, 0.3) is 0 Å². The van der Waals surface area contributed by atoms with Gasteiger partial charge in [0.2, 0.25) is 0 Å². The molecular weight excluding hydrogens is 216 g/mol. The SMILES string of the molecule is C=CCCCOc1ccc(C(C)=O)cc1OC. The van der Waals surface area contributed by atoms with Crippen LogP contribution in [0.3, 0.4) is 0 Å². The molecular formula is C14H18O3. The third kappa shape index (κ3) is 3.94. The number of benzene rings is 1. The third-order valence-corrected chi connectivity index (χ3v) is 2.38. The van der Waals surface area contributed by atoms with Crippen molar-refractivity contribution < 1.29 is 14.3 Å². The van der Waals surface area contributed by atoms with E-state index in [1.165, 1.54) is 6.92 Å². The van der Waals surface area contributed by atoms with Gasteiger partial charge in [-0.05, 0) is 38.0 Å². The number of Topliss-reactive ketones (excluding diaryl/α,β-unsaturated/α-hetero) is 1. The van der Waals surface area contributed by atoms with Crippen LogP contribution in [0.1, 0.15) is 30.1 Å². The summed E-state index contributed by atoms with van der Waals surface area (Å²) in [6.45, 7) is 5.79. The number of allylic oxidation sites excluding steroid dienone is 1. The van der Waals surface area contributed by atoms with Gasteiger partial charge in [0.05, 0.1) is 13.7 Å². The van der Waals surface area contributed by atoms with Gasteiger partial charge in [0, 0.05) is 5.56 Å². The summed E-state index contributed by atoms with van der Waals surface area (Å²) >= 11 is 0. The van der Waals surface area contributed by atoms with Crippen LogP contribution in [0.2, 0.25) is 0 Å². The molecule has 0 aliphatic heterocycles. The highest BCUT2D eigenvalue weighted by molar-refractivity contribution is 5.94. The summed E-state index contributed by atoms with van der Waals surface area (Å²) in [6, 6.07) is 5.21. The quantitative estimate of drug-likeness (QED) is 0.413. The minimum absolute atomic E-state index is 0.0153. The van der Waals surface area contributed by atoms with Crippen LogP contribution in [0.5, 0.6) is 11.5 Å². The predicted molar refractivity (Wildman–Crippen MR) is 67.9 cm³/mol. The van der Waals surface area contributed by atoms with Crippen LogP contribution >= 0.6 is 0 Å². The van der Waals surface area contributed by atoms with E-state index in [1.54, 1.807) is 25.3 Å². The number of methoxy groups -OCH3 is 1. The van der Waals surface area contributed by atoms with E-state index in [4.69, 9.17) is 9.47 Å². The maximum Gasteiger partial charge on any atom is 0.161 e. The minimum atomic E-state index is 0.0153. The lowest BCUT2D eigenvalue weighted by atomic mass is 10.1. The second-order valence-electron chi connectivity index (χ2n) is 3.70. The fraction of sp³-hybridized carbons (Fsp3) is 0.357. The standard InChI is InChI=1S/C14H18O3/c1-4-5-6-9-17-13-8-7-12(11(2)15)10-14(13)16-3/h4,7-8,10H,1,5-6,9H2,2-3H3. The second-order valence-corrected chi connectivity index (χ2v) is 3.70. The highest BCUT2D eigenvalue weighted by Crippen LogP contribution is 2.28. The van der Waals surface area contributed by atoms with E-state index in [-0.39, 0.29) is 5.78 Å². The van der Waals surface area contributed by atoms with Crippen molar-refractivity contribution in [2.24, 2.45) is 0 Å². The minimum Gasteiger partial charge on any atom is -0.493 e. The van der Waals surface area contributed by atoms with Crippen molar-refractivity contribution in [3.8, 4) is 11.5 Å². The number of carbonyl (C=O) groups excluding carboxylic acids is 1. The Morgan fingerprint density at radius 1 is 1.41 bits per heavy atom. The summed E-state index contributed by atoms with van der Waals surface area (Å²) in [6.07, 6.45) is 3.70. The fourth-order valence-corrected chi connectivity index (χ4v) is 1.42. The van der Waals surface area contributed by atoms with Gasteiger partial charge >= 0.3 is 0 Å². The summed E-state index contributed by atoms with van der Waals surface area (Å²) in [7, 11) is 1.57. The van der Waals surface area contributed by atoms with Crippen LogP contribution in [-0.4, -0.2) is 19.5 Å². The Morgan fingerprint density at radius 3 is 2.76 bits per heavy atom. The lowest BCUT2D eigenvalue weighted by Crippen LogP contribution is -2.00. The summed E-state index contributed by atoms with van der Waals surface area (Å²) in [4.78, 5) is 11.2. The van der Waals surface area contributed by atoms with Gasteiger partial charge in [0.15, 0.2) is 17.3 Å². The summed E-state index contributed by atoms with van der Waals surface area (Å²) in [5.74, 6) is 1.28. The maximum atomic E-state index is 11.2. The average Bonchev–Trinajstić information content (AvgIpc) is 2.34. The highest BCUT2D eigenvalue weighted by atomic mass is 16.5. The van der Waals surface area contributed by atoms with E-state index < -0.39 is 0 Å². The molecule has 92 valence electrons. The molecule has 0 N–H and O–H groups in total. The first kappa shape index (κ1) is 13.3. The number of ether oxygens (including phenoxy) is 2. The average molecular weight is 234 g/mol. The molecule has 1 rings (SSSR count). The zero-order chi connectivity index (χ0) is 12.7. The zero-order valence-corrected chi connectivity index (χ0v) is 10.4. The van der Waals surface area contributed by atoms with E-state index in [9.17, 15) is 4.79 Å². The Hall–Kier alpha value is -1.77.